The van der Waals surface area contributed by atoms with Gasteiger partial charge in [-0.25, -0.2) is 12.8 Å². The number of amides is 1. The summed E-state index contributed by atoms with van der Waals surface area (Å²) >= 11 is 1.01. The molecule has 0 fully saturated rings. The van der Waals surface area contributed by atoms with E-state index in [-0.39, 0.29) is 15.9 Å². The van der Waals surface area contributed by atoms with Gasteiger partial charge < -0.3 is 5.32 Å². The first-order valence-electron chi connectivity index (χ1n) is 8.54. The molecule has 0 radical (unpaired) electrons. The average molecular weight is 419 g/mol. The standard InChI is InChI=1S/C20H19FN2O3S2/c1-15(16-8-3-2-4-9-16)22-19(24)14-23(18-11-6-5-10-17(18)21)28(25,26)20-12-7-13-27-20/h2-13,15H,14H2,1H3,(H,22,24)/t15-/m0/s1. The lowest BCUT2D eigenvalue weighted by molar-refractivity contribution is -0.120. The van der Waals surface area contributed by atoms with Gasteiger partial charge in [0.15, 0.2) is 0 Å². The zero-order valence-electron chi connectivity index (χ0n) is 15.1. The van der Waals surface area contributed by atoms with E-state index in [1.54, 1.807) is 18.4 Å². The van der Waals surface area contributed by atoms with Crippen LogP contribution in [0.3, 0.4) is 0 Å². The summed E-state index contributed by atoms with van der Waals surface area (Å²) in [4.78, 5) is 12.6. The molecular weight excluding hydrogens is 399 g/mol. The molecule has 8 heteroatoms. The number of carbonyl (C=O) groups is 1. The molecule has 28 heavy (non-hydrogen) atoms. The Balaban J connectivity index is 1.88. The van der Waals surface area contributed by atoms with E-state index in [2.05, 4.69) is 5.32 Å². The summed E-state index contributed by atoms with van der Waals surface area (Å²) in [6, 6.07) is 17.5. The predicted molar refractivity (Wildman–Crippen MR) is 108 cm³/mol. The molecule has 5 nitrogen and oxygen atoms in total. The van der Waals surface area contributed by atoms with Gasteiger partial charge in [0.05, 0.1) is 11.7 Å². The largest absolute Gasteiger partial charge is 0.348 e. The van der Waals surface area contributed by atoms with Gasteiger partial charge in [0, 0.05) is 0 Å². The Morgan fingerprint density at radius 3 is 2.39 bits per heavy atom. The maximum Gasteiger partial charge on any atom is 0.274 e. The molecule has 0 spiro atoms. The highest BCUT2D eigenvalue weighted by atomic mass is 32.2. The van der Waals surface area contributed by atoms with E-state index >= 15 is 0 Å². The van der Waals surface area contributed by atoms with Crippen LogP contribution in [0.15, 0.2) is 76.3 Å². The van der Waals surface area contributed by atoms with E-state index in [4.69, 9.17) is 0 Å². The van der Waals surface area contributed by atoms with Gasteiger partial charge in [-0.05, 0) is 36.1 Å². The van der Waals surface area contributed by atoms with E-state index in [1.807, 2.05) is 30.3 Å². The summed E-state index contributed by atoms with van der Waals surface area (Å²) in [6.07, 6.45) is 0. The number of nitrogens with zero attached hydrogens (tertiary/aromatic N) is 1. The molecule has 3 rings (SSSR count). The number of thiophene rings is 1. The summed E-state index contributed by atoms with van der Waals surface area (Å²) in [7, 11) is -4.08. The summed E-state index contributed by atoms with van der Waals surface area (Å²) < 4.78 is 41.3. The molecule has 0 aliphatic carbocycles. The number of hydrogen-bond donors (Lipinski definition) is 1. The zero-order chi connectivity index (χ0) is 20.1. The third kappa shape index (κ3) is 4.40. The van der Waals surface area contributed by atoms with E-state index in [0.717, 1.165) is 27.3 Å². The molecule has 1 N–H and O–H groups in total. The summed E-state index contributed by atoms with van der Waals surface area (Å²) in [5, 5.41) is 4.38. The lowest BCUT2D eigenvalue weighted by Crippen LogP contribution is -2.41. The quantitative estimate of drug-likeness (QED) is 0.632. The first kappa shape index (κ1) is 20.0. The van der Waals surface area contributed by atoms with E-state index < -0.39 is 28.3 Å². The number of sulfonamides is 1. The van der Waals surface area contributed by atoms with Gasteiger partial charge in [0.2, 0.25) is 5.91 Å². The molecule has 1 amide bonds. The van der Waals surface area contributed by atoms with Crippen LogP contribution in [0, 0.1) is 5.82 Å². The Morgan fingerprint density at radius 1 is 1.07 bits per heavy atom. The molecule has 0 aliphatic heterocycles. The third-order valence-electron chi connectivity index (χ3n) is 4.12. The Bertz CT molecular complexity index is 1040. The molecule has 1 atom stereocenters. The van der Waals surface area contributed by atoms with Crippen molar-refractivity contribution in [3.8, 4) is 0 Å². The maximum atomic E-state index is 14.4. The first-order chi connectivity index (χ1) is 13.4. The number of halogens is 1. The minimum atomic E-state index is -4.08. The van der Waals surface area contributed by atoms with Crippen LogP contribution in [0.1, 0.15) is 18.5 Å². The summed E-state index contributed by atoms with van der Waals surface area (Å²) in [5.74, 6) is -1.24. The van der Waals surface area contributed by atoms with Crippen LogP contribution in [0.4, 0.5) is 10.1 Å². The lowest BCUT2D eigenvalue weighted by Gasteiger charge is -2.24. The number of para-hydroxylation sites is 1. The molecule has 1 heterocycles. The molecular formula is C20H19FN2O3S2. The number of rotatable bonds is 7. The van der Waals surface area contributed by atoms with Crippen molar-refractivity contribution in [2.24, 2.45) is 0 Å². The second kappa shape index (κ2) is 8.53. The van der Waals surface area contributed by atoms with Crippen molar-refractivity contribution in [2.45, 2.75) is 17.2 Å². The molecule has 0 unspecified atom stereocenters. The number of carbonyl (C=O) groups excluding carboxylic acids is 1. The minimum absolute atomic E-state index is 0.0414. The fraction of sp³-hybridized carbons (Fsp3) is 0.150. The van der Waals surface area contributed by atoms with Gasteiger partial charge in [-0.3, -0.25) is 9.10 Å². The Kier molecular flexibility index (Phi) is 6.11. The van der Waals surface area contributed by atoms with Gasteiger partial charge in [-0.2, -0.15) is 0 Å². The van der Waals surface area contributed by atoms with Crippen LogP contribution in [0.25, 0.3) is 0 Å². The van der Waals surface area contributed by atoms with Gasteiger partial charge in [0.25, 0.3) is 10.0 Å². The summed E-state index contributed by atoms with van der Waals surface area (Å²) in [6.45, 7) is 1.27. The number of benzene rings is 2. The molecule has 146 valence electrons. The number of hydrogen-bond acceptors (Lipinski definition) is 4. The van der Waals surface area contributed by atoms with Crippen molar-refractivity contribution < 1.29 is 17.6 Å². The van der Waals surface area contributed by atoms with E-state index in [1.165, 1.54) is 24.3 Å². The zero-order valence-corrected chi connectivity index (χ0v) is 16.7. The molecule has 0 saturated heterocycles. The van der Waals surface area contributed by atoms with Gasteiger partial charge in [-0.1, -0.05) is 48.5 Å². The smallest absolute Gasteiger partial charge is 0.274 e. The highest BCUT2D eigenvalue weighted by Gasteiger charge is 2.30. The van der Waals surface area contributed by atoms with Crippen LogP contribution >= 0.6 is 11.3 Å². The maximum absolute atomic E-state index is 14.4. The predicted octanol–water partition coefficient (Wildman–Crippen LogP) is 3.96. The number of anilines is 1. The first-order valence-corrected chi connectivity index (χ1v) is 10.9. The van der Waals surface area contributed by atoms with Crippen molar-refractivity contribution in [1.29, 1.82) is 0 Å². The second-order valence-electron chi connectivity index (χ2n) is 6.10. The van der Waals surface area contributed by atoms with Crippen molar-refractivity contribution in [3.63, 3.8) is 0 Å². The Hall–Kier alpha value is -2.71. The Labute approximate surface area is 167 Å². The van der Waals surface area contributed by atoms with Gasteiger partial charge in [0.1, 0.15) is 16.6 Å². The molecule has 0 bridgehead atoms. The second-order valence-corrected chi connectivity index (χ2v) is 9.13. The highest BCUT2D eigenvalue weighted by molar-refractivity contribution is 7.94. The lowest BCUT2D eigenvalue weighted by atomic mass is 10.1. The van der Waals surface area contributed by atoms with Crippen LogP contribution < -0.4 is 9.62 Å². The molecule has 3 aromatic rings. The monoisotopic (exact) mass is 418 g/mol. The van der Waals surface area contributed by atoms with Crippen molar-refractivity contribution in [2.75, 3.05) is 10.8 Å². The number of nitrogens with one attached hydrogen (secondary N) is 1. The third-order valence-corrected chi connectivity index (χ3v) is 7.26. The fourth-order valence-corrected chi connectivity index (χ4v) is 5.25. The van der Waals surface area contributed by atoms with Crippen LogP contribution in [0.2, 0.25) is 0 Å². The molecule has 2 aromatic carbocycles. The van der Waals surface area contributed by atoms with Gasteiger partial charge >= 0.3 is 0 Å². The minimum Gasteiger partial charge on any atom is -0.348 e. The van der Waals surface area contributed by atoms with Crippen molar-refractivity contribution in [3.05, 3.63) is 83.5 Å². The van der Waals surface area contributed by atoms with Crippen molar-refractivity contribution >= 4 is 33.0 Å². The molecule has 1 aromatic heterocycles. The average Bonchev–Trinajstić information content (AvgIpc) is 3.23. The molecule has 0 aliphatic rings. The van der Waals surface area contributed by atoms with Crippen molar-refractivity contribution in [1.82, 2.24) is 5.32 Å². The van der Waals surface area contributed by atoms with Crippen LogP contribution in [0.5, 0.6) is 0 Å². The molecule has 0 saturated carbocycles. The normalized spacial score (nSPS) is 12.4. The van der Waals surface area contributed by atoms with E-state index in [0.29, 0.717) is 0 Å². The van der Waals surface area contributed by atoms with Crippen LogP contribution in [-0.4, -0.2) is 20.9 Å². The van der Waals surface area contributed by atoms with Gasteiger partial charge in [-0.15, -0.1) is 11.3 Å². The Morgan fingerprint density at radius 2 is 1.75 bits per heavy atom. The topological polar surface area (TPSA) is 66.5 Å². The SMILES string of the molecule is C[C@H](NC(=O)CN(c1ccccc1F)S(=O)(=O)c1cccs1)c1ccccc1. The highest BCUT2D eigenvalue weighted by Crippen LogP contribution is 2.28. The fourth-order valence-electron chi connectivity index (χ4n) is 2.72. The summed E-state index contributed by atoms with van der Waals surface area (Å²) in [5.41, 5.74) is 0.716. The van der Waals surface area contributed by atoms with Crippen LogP contribution in [-0.2, 0) is 14.8 Å². The van der Waals surface area contributed by atoms with E-state index in [9.17, 15) is 17.6 Å².